The van der Waals surface area contributed by atoms with Crippen molar-refractivity contribution in [2.24, 2.45) is 0 Å². The van der Waals surface area contributed by atoms with Gasteiger partial charge in [-0.1, -0.05) is 28.1 Å². The van der Waals surface area contributed by atoms with E-state index >= 15 is 0 Å². The van der Waals surface area contributed by atoms with Gasteiger partial charge in [0.05, 0.1) is 5.69 Å². The molecule has 0 amide bonds. The van der Waals surface area contributed by atoms with Crippen LogP contribution in [-0.4, -0.2) is 12.8 Å². The summed E-state index contributed by atoms with van der Waals surface area (Å²) in [5.41, 5.74) is 3.91. The second-order valence-electron chi connectivity index (χ2n) is 4.62. The molecule has 0 fully saturated rings. The third-order valence-electron chi connectivity index (χ3n) is 3.09. The molecule has 0 unspecified atom stereocenters. The van der Waals surface area contributed by atoms with E-state index in [2.05, 4.69) is 35.0 Å². The van der Waals surface area contributed by atoms with E-state index in [1.165, 1.54) is 5.56 Å². The molecule has 2 aromatic carbocycles. The highest BCUT2D eigenvalue weighted by Gasteiger charge is 2.13. The van der Waals surface area contributed by atoms with Crippen molar-refractivity contribution in [3.63, 3.8) is 0 Å². The number of carbonyl (C=O) groups excluding carboxylic acids is 1. The molecular formula is C16H16BrNO. The Hall–Kier alpha value is -1.61. The molecule has 2 nitrogen and oxygen atoms in total. The molecule has 0 aliphatic heterocycles. The van der Waals surface area contributed by atoms with E-state index in [-0.39, 0.29) is 5.78 Å². The van der Waals surface area contributed by atoms with Crippen LogP contribution in [0.25, 0.3) is 0 Å². The molecule has 0 radical (unpaired) electrons. The van der Waals surface area contributed by atoms with Gasteiger partial charge >= 0.3 is 0 Å². The summed E-state index contributed by atoms with van der Waals surface area (Å²) >= 11 is 3.41. The van der Waals surface area contributed by atoms with Crippen molar-refractivity contribution in [3.05, 3.63) is 58.1 Å². The third kappa shape index (κ3) is 3.04. The highest BCUT2D eigenvalue weighted by Crippen LogP contribution is 2.30. The molecule has 2 aromatic rings. The lowest BCUT2D eigenvalue weighted by Crippen LogP contribution is -2.13. The van der Waals surface area contributed by atoms with Gasteiger partial charge in [-0.25, -0.2) is 0 Å². The summed E-state index contributed by atoms with van der Waals surface area (Å²) in [6, 6.07) is 14.0. The van der Waals surface area contributed by atoms with Crippen LogP contribution in [-0.2, 0) is 0 Å². The zero-order valence-corrected chi connectivity index (χ0v) is 12.9. The monoisotopic (exact) mass is 317 g/mol. The van der Waals surface area contributed by atoms with Gasteiger partial charge in [0.2, 0.25) is 0 Å². The number of benzene rings is 2. The molecular weight excluding hydrogens is 302 g/mol. The largest absolute Gasteiger partial charge is 0.344 e. The van der Waals surface area contributed by atoms with Crippen LogP contribution < -0.4 is 4.90 Å². The SMILES string of the molecule is CC(=O)c1cc(Br)ccc1N(C)c1cccc(C)c1. The zero-order valence-electron chi connectivity index (χ0n) is 11.3. The van der Waals surface area contributed by atoms with Crippen molar-refractivity contribution < 1.29 is 4.79 Å². The maximum atomic E-state index is 11.8. The lowest BCUT2D eigenvalue weighted by molar-refractivity contribution is 0.101. The Bertz CT molecular complexity index is 622. The van der Waals surface area contributed by atoms with Crippen molar-refractivity contribution in [1.82, 2.24) is 0 Å². The predicted octanol–water partition coefficient (Wildman–Crippen LogP) is 4.73. The summed E-state index contributed by atoms with van der Waals surface area (Å²) < 4.78 is 0.916. The molecule has 0 aromatic heterocycles. The Morgan fingerprint density at radius 1 is 1.16 bits per heavy atom. The number of rotatable bonds is 3. The maximum Gasteiger partial charge on any atom is 0.161 e. The Balaban J connectivity index is 2.49. The van der Waals surface area contributed by atoms with Crippen molar-refractivity contribution >= 4 is 33.1 Å². The van der Waals surface area contributed by atoms with Crippen LogP contribution >= 0.6 is 15.9 Å². The van der Waals surface area contributed by atoms with Crippen molar-refractivity contribution in [2.45, 2.75) is 13.8 Å². The van der Waals surface area contributed by atoms with Crippen LogP contribution in [0.1, 0.15) is 22.8 Å². The van der Waals surface area contributed by atoms with Crippen LogP contribution in [0.5, 0.6) is 0 Å². The van der Waals surface area contributed by atoms with Gasteiger partial charge in [-0.3, -0.25) is 4.79 Å². The van der Waals surface area contributed by atoms with Crippen LogP contribution in [0.3, 0.4) is 0 Å². The maximum absolute atomic E-state index is 11.8. The standard InChI is InChI=1S/C16H16BrNO/c1-11-5-4-6-14(9-11)18(3)16-8-7-13(17)10-15(16)12(2)19/h4-10H,1-3H3. The normalized spacial score (nSPS) is 10.3. The summed E-state index contributed by atoms with van der Waals surface area (Å²) in [6.45, 7) is 3.65. The summed E-state index contributed by atoms with van der Waals surface area (Å²) in [4.78, 5) is 13.8. The second-order valence-corrected chi connectivity index (χ2v) is 5.53. The Morgan fingerprint density at radius 3 is 2.53 bits per heavy atom. The van der Waals surface area contributed by atoms with Crippen LogP contribution in [0.4, 0.5) is 11.4 Å². The van der Waals surface area contributed by atoms with Gasteiger partial charge in [-0.15, -0.1) is 0 Å². The highest BCUT2D eigenvalue weighted by molar-refractivity contribution is 9.10. The van der Waals surface area contributed by atoms with Crippen molar-refractivity contribution in [2.75, 3.05) is 11.9 Å². The van der Waals surface area contributed by atoms with Gasteiger partial charge < -0.3 is 4.90 Å². The van der Waals surface area contributed by atoms with E-state index in [0.717, 1.165) is 21.4 Å². The summed E-state index contributed by atoms with van der Waals surface area (Å²) in [5.74, 6) is 0.0656. The average Bonchev–Trinajstić information content (AvgIpc) is 2.37. The summed E-state index contributed by atoms with van der Waals surface area (Å²) in [7, 11) is 1.98. The topological polar surface area (TPSA) is 20.3 Å². The first-order valence-electron chi connectivity index (χ1n) is 6.10. The Kier molecular flexibility index (Phi) is 4.05. The van der Waals surface area contributed by atoms with E-state index in [4.69, 9.17) is 0 Å². The fourth-order valence-electron chi connectivity index (χ4n) is 2.06. The summed E-state index contributed by atoms with van der Waals surface area (Å²) in [5, 5.41) is 0. The molecule has 0 bridgehead atoms. The highest BCUT2D eigenvalue weighted by atomic mass is 79.9. The Labute approximate surface area is 122 Å². The molecule has 0 heterocycles. The fourth-order valence-corrected chi connectivity index (χ4v) is 2.42. The molecule has 0 aliphatic rings. The van der Waals surface area contributed by atoms with E-state index in [9.17, 15) is 4.79 Å². The number of aryl methyl sites for hydroxylation is 1. The molecule has 0 aliphatic carbocycles. The number of hydrogen-bond acceptors (Lipinski definition) is 2. The lowest BCUT2D eigenvalue weighted by atomic mass is 10.1. The predicted molar refractivity (Wildman–Crippen MR) is 83.4 cm³/mol. The van der Waals surface area contributed by atoms with Gasteiger partial charge in [0.15, 0.2) is 5.78 Å². The second kappa shape index (κ2) is 5.57. The summed E-state index contributed by atoms with van der Waals surface area (Å²) in [6.07, 6.45) is 0. The minimum atomic E-state index is 0.0656. The van der Waals surface area contributed by atoms with Gasteiger partial charge in [0, 0.05) is 22.8 Å². The smallest absolute Gasteiger partial charge is 0.161 e. The Morgan fingerprint density at radius 2 is 1.89 bits per heavy atom. The molecule has 0 saturated heterocycles. The molecule has 2 rings (SSSR count). The van der Waals surface area contributed by atoms with Crippen LogP contribution in [0, 0.1) is 6.92 Å². The minimum Gasteiger partial charge on any atom is -0.344 e. The number of halogens is 1. The number of carbonyl (C=O) groups is 1. The van der Waals surface area contributed by atoms with Crippen molar-refractivity contribution in [3.8, 4) is 0 Å². The first-order chi connectivity index (χ1) is 8.99. The van der Waals surface area contributed by atoms with E-state index in [1.807, 2.05) is 42.3 Å². The molecule has 19 heavy (non-hydrogen) atoms. The van der Waals surface area contributed by atoms with Crippen LogP contribution in [0.15, 0.2) is 46.9 Å². The quantitative estimate of drug-likeness (QED) is 0.763. The molecule has 98 valence electrons. The number of nitrogens with zero attached hydrogens (tertiary/aromatic N) is 1. The number of anilines is 2. The number of hydrogen-bond donors (Lipinski definition) is 0. The van der Waals surface area contributed by atoms with E-state index < -0.39 is 0 Å². The first-order valence-corrected chi connectivity index (χ1v) is 6.89. The first kappa shape index (κ1) is 13.8. The molecule has 0 saturated carbocycles. The van der Waals surface area contributed by atoms with Crippen molar-refractivity contribution in [1.29, 1.82) is 0 Å². The van der Waals surface area contributed by atoms with Gasteiger partial charge in [-0.2, -0.15) is 0 Å². The number of Topliss-reactive ketones (excluding diaryl/α,β-unsaturated/α-hetero) is 1. The molecule has 0 spiro atoms. The molecule has 0 N–H and O–H groups in total. The fraction of sp³-hybridized carbons (Fsp3) is 0.188. The van der Waals surface area contributed by atoms with Gasteiger partial charge in [-0.05, 0) is 49.7 Å². The minimum absolute atomic E-state index is 0.0656. The average molecular weight is 318 g/mol. The lowest BCUT2D eigenvalue weighted by Gasteiger charge is -2.22. The van der Waals surface area contributed by atoms with E-state index in [1.54, 1.807) is 6.92 Å². The van der Waals surface area contributed by atoms with E-state index in [0.29, 0.717) is 0 Å². The molecule has 0 atom stereocenters. The molecule has 3 heteroatoms. The van der Waals surface area contributed by atoms with Gasteiger partial charge in [0.25, 0.3) is 0 Å². The van der Waals surface area contributed by atoms with Crippen LogP contribution in [0.2, 0.25) is 0 Å². The third-order valence-corrected chi connectivity index (χ3v) is 3.58. The number of ketones is 1. The zero-order chi connectivity index (χ0) is 14.0. The van der Waals surface area contributed by atoms with Gasteiger partial charge in [0.1, 0.15) is 0 Å².